The van der Waals surface area contributed by atoms with Crippen LogP contribution in [0.4, 0.5) is 5.82 Å². The summed E-state index contributed by atoms with van der Waals surface area (Å²) in [7, 11) is 1.69. The van der Waals surface area contributed by atoms with Gasteiger partial charge in [0.05, 0.1) is 12.0 Å². The van der Waals surface area contributed by atoms with E-state index >= 15 is 0 Å². The van der Waals surface area contributed by atoms with E-state index in [2.05, 4.69) is 31.0 Å². The van der Waals surface area contributed by atoms with Crippen LogP contribution in [0.2, 0.25) is 0 Å². The van der Waals surface area contributed by atoms with Crippen LogP contribution in [0.1, 0.15) is 11.1 Å². The lowest BCUT2D eigenvalue weighted by Gasteiger charge is -2.11. The first kappa shape index (κ1) is 12.8. The van der Waals surface area contributed by atoms with Crippen LogP contribution >= 0.6 is 11.8 Å². The molecular weight excluding hydrogens is 244 g/mol. The summed E-state index contributed by atoms with van der Waals surface area (Å²) in [5.74, 6) is 1.42. The Bertz CT molecular complexity index is 552. The Balaban J connectivity index is 2.33. The maximum absolute atomic E-state index is 5.58. The van der Waals surface area contributed by atoms with E-state index in [9.17, 15) is 0 Å². The summed E-state index contributed by atoms with van der Waals surface area (Å²) in [6.07, 6.45) is 1.77. The van der Waals surface area contributed by atoms with Gasteiger partial charge < -0.3 is 10.5 Å². The third-order valence-corrected chi connectivity index (χ3v) is 3.78. The Morgan fingerprint density at radius 1 is 1.17 bits per heavy atom. The van der Waals surface area contributed by atoms with Crippen molar-refractivity contribution in [2.75, 3.05) is 12.8 Å². The van der Waals surface area contributed by atoms with Crippen LogP contribution in [-0.4, -0.2) is 12.1 Å². The van der Waals surface area contributed by atoms with Crippen LogP contribution in [0.3, 0.4) is 0 Å². The molecule has 2 aromatic rings. The quantitative estimate of drug-likeness (QED) is 0.918. The van der Waals surface area contributed by atoms with E-state index in [1.54, 1.807) is 31.1 Å². The number of anilines is 1. The Morgan fingerprint density at radius 3 is 2.50 bits per heavy atom. The van der Waals surface area contributed by atoms with Gasteiger partial charge in [0.15, 0.2) is 0 Å². The smallest absolute Gasteiger partial charge is 0.133 e. The number of methoxy groups -OCH3 is 1. The van der Waals surface area contributed by atoms with Gasteiger partial charge in [-0.1, -0.05) is 11.8 Å². The van der Waals surface area contributed by atoms with Gasteiger partial charge in [-0.2, -0.15) is 0 Å². The van der Waals surface area contributed by atoms with Gasteiger partial charge in [-0.3, -0.25) is 0 Å². The van der Waals surface area contributed by atoms with Gasteiger partial charge in [0.1, 0.15) is 11.6 Å². The Kier molecular flexibility index (Phi) is 3.77. The van der Waals surface area contributed by atoms with Crippen molar-refractivity contribution in [1.82, 2.24) is 4.98 Å². The van der Waals surface area contributed by atoms with Crippen molar-refractivity contribution in [2.45, 2.75) is 23.6 Å². The number of ether oxygens (including phenoxy) is 1. The van der Waals surface area contributed by atoms with Gasteiger partial charge in [0.2, 0.25) is 0 Å². The highest BCUT2D eigenvalue weighted by molar-refractivity contribution is 7.99. The summed E-state index contributed by atoms with van der Waals surface area (Å²) >= 11 is 1.63. The molecule has 0 aliphatic heterocycles. The van der Waals surface area contributed by atoms with Crippen molar-refractivity contribution in [1.29, 1.82) is 0 Å². The number of aromatic nitrogens is 1. The largest absolute Gasteiger partial charge is 0.496 e. The van der Waals surface area contributed by atoms with Gasteiger partial charge in [-0.15, -0.1) is 0 Å². The first-order chi connectivity index (χ1) is 8.60. The minimum absolute atomic E-state index is 0.534. The molecule has 2 rings (SSSR count). The molecule has 2 N–H and O–H groups in total. The molecule has 0 aliphatic rings. The minimum atomic E-state index is 0.534. The standard InChI is InChI=1S/C14H16N2OS/c1-9-6-12(17-3)13(7-10(9)2)18-11-4-5-14(15)16-8-11/h4-8H,1-3H3,(H2,15,16). The van der Waals surface area contributed by atoms with Gasteiger partial charge in [0, 0.05) is 11.1 Å². The van der Waals surface area contributed by atoms with Crippen LogP contribution in [0.15, 0.2) is 40.3 Å². The lowest BCUT2D eigenvalue weighted by Crippen LogP contribution is -1.91. The average Bonchev–Trinajstić information content (AvgIpc) is 2.36. The number of nitrogens with two attached hydrogens (primary N) is 1. The molecule has 0 saturated heterocycles. The van der Waals surface area contributed by atoms with E-state index in [4.69, 9.17) is 10.5 Å². The predicted molar refractivity (Wildman–Crippen MR) is 75.2 cm³/mol. The molecule has 0 amide bonds. The second-order valence-corrected chi connectivity index (χ2v) is 5.22. The third kappa shape index (κ3) is 2.76. The number of nitrogen functional groups attached to an aromatic ring is 1. The van der Waals surface area contributed by atoms with Crippen molar-refractivity contribution < 1.29 is 4.74 Å². The highest BCUT2D eigenvalue weighted by Crippen LogP contribution is 2.36. The van der Waals surface area contributed by atoms with Crippen LogP contribution in [-0.2, 0) is 0 Å². The van der Waals surface area contributed by atoms with Crippen LogP contribution < -0.4 is 10.5 Å². The van der Waals surface area contributed by atoms with Gasteiger partial charge in [-0.25, -0.2) is 4.98 Å². The molecule has 0 atom stereocenters. The maximum Gasteiger partial charge on any atom is 0.133 e. The molecule has 1 aromatic carbocycles. The molecule has 0 spiro atoms. The van der Waals surface area contributed by atoms with E-state index in [0.29, 0.717) is 5.82 Å². The molecule has 1 heterocycles. The fraction of sp³-hybridized carbons (Fsp3) is 0.214. The van der Waals surface area contributed by atoms with E-state index in [0.717, 1.165) is 15.5 Å². The molecule has 3 nitrogen and oxygen atoms in total. The highest BCUT2D eigenvalue weighted by atomic mass is 32.2. The van der Waals surface area contributed by atoms with Crippen molar-refractivity contribution in [3.63, 3.8) is 0 Å². The number of hydrogen-bond donors (Lipinski definition) is 1. The zero-order valence-electron chi connectivity index (χ0n) is 10.7. The van der Waals surface area contributed by atoms with E-state index in [1.165, 1.54) is 11.1 Å². The van der Waals surface area contributed by atoms with E-state index in [1.807, 2.05) is 6.07 Å². The summed E-state index contributed by atoms with van der Waals surface area (Å²) in [5, 5.41) is 0. The molecule has 0 aliphatic carbocycles. The van der Waals surface area contributed by atoms with Crippen molar-refractivity contribution in [2.24, 2.45) is 0 Å². The Morgan fingerprint density at radius 2 is 1.89 bits per heavy atom. The molecular formula is C14H16N2OS. The van der Waals surface area contributed by atoms with Crippen LogP contribution in [0, 0.1) is 13.8 Å². The van der Waals surface area contributed by atoms with Gasteiger partial charge >= 0.3 is 0 Å². The Hall–Kier alpha value is -1.68. The zero-order valence-corrected chi connectivity index (χ0v) is 11.5. The summed E-state index contributed by atoms with van der Waals surface area (Å²) < 4.78 is 5.41. The molecule has 0 radical (unpaired) electrons. The SMILES string of the molecule is COc1cc(C)c(C)cc1Sc1ccc(N)nc1. The van der Waals surface area contributed by atoms with Gasteiger partial charge in [0.25, 0.3) is 0 Å². The van der Waals surface area contributed by atoms with Crippen molar-refractivity contribution in [3.8, 4) is 5.75 Å². The fourth-order valence-corrected chi connectivity index (χ4v) is 2.56. The molecule has 0 saturated carbocycles. The number of pyridine rings is 1. The second kappa shape index (κ2) is 5.31. The molecule has 18 heavy (non-hydrogen) atoms. The predicted octanol–water partition coefficient (Wildman–Crippen LogP) is 3.44. The average molecular weight is 260 g/mol. The fourth-order valence-electron chi connectivity index (χ4n) is 1.58. The lowest BCUT2D eigenvalue weighted by atomic mass is 10.1. The maximum atomic E-state index is 5.58. The number of aryl methyl sites for hydroxylation is 2. The monoisotopic (exact) mass is 260 g/mol. The van der Waals surface area contributed by atoms with Crippen LogP contribution in [0.5, 0.6) is 5.75 Å². The minimum Gasteiger partial charge on any atom is -0.496 e. The second-order valence-electron chi connectivity index (χ2n) is 4.11. The number of benzene rings is 1. The number of rotatable bonds is 3. The molecule has 0 fully saturated rings. The normalized spacial score (nSPS) is 10.4. The molecule has 0 bridgehead atoms. The lowest BCUT2D eigenvalue weighted by molar-refractivity contribution is 0.404. The summed E-state index contributed by atoms with van der Waals surface area (Å²) in [4.78, 5) is 6.22. The molecule has 1 aromatic heterocycles. The molecule has 0 unspecified atom stereocenters. The summed E-state index contributed by atoms with van der Waals surface area (Å²) in [5.41, 5.74) is 8.05. The summed E-state index contributed by atoms with van der Waals surface area (Å²) in [6.45, 7) is 4.18. The van der Waals surface area contributed by atoms with E-state index < -0.39 is 0 Å². The summed E-state index contributed by atoms with van der Waals surface area (Å²) in [6, 6.07) is 7.95. The molecule has 4 heteroatoms. The van der Waals surface area contributed by atoms with E-state index in [-0.39, 0.29) is 0 Å². The first-order valence-corrected chi connectivity index (χ1v) is 6.46. The first-order valence-electron chi connectivity index (χ1n) is 5.65. The Labute approximate surface area is 111 Å². The topological polar surface area (TPSA) is 48.1 Å². The number of hydrogen-bond acceptors (Lipinski definition) is 4. The molecule has 94 valence electrons. The highest BCUT2D eigenvalue weighted by Gasteiger charge is 2.08. The van der Waals surface area contributed by atoms with Crippen LogP contribution in [0.25, 0.3) is 0 Å². The zero-order chi connectivity index (χ0) is 13.1. The van der Waals surface area contributed by atoms with Gasteiger partial charge in [-0.05, 0) is 49.2 Å². The number of nitrogens with zero attached hydrogens (tertiary/aromatic N) is 1. The van der Waals surface area contributed by atoms with Crippen molar-refractivity contribution in [3.05, 3.63) is 41.6 Å². The van der Waals surface area contributed by atoms with Crippen molar-refractivity contribution >= 4 is 17.6 Å². The third-order valence-electron chi connectivity index (χ3n) is 2.77.